The number of hydrogen-bond acceptors (Lipinski definition) is 2. The molecule has 2 fully saturated rings. The van der Waals surface area contributed by atoms with Gasteiger partial charge in [0.25, 0.3) is 5.91 Å². The van der Waals surface area contributed by atoms with Crippen molar-refractivity contribution in [1.82, 2.24) is 4.90 Å². The van der Waals surface area contributed by atoms with Crippen LogP contribution in [0.3, 0.4) is 0 Å². The van der Waals surface area contributed by atoms with E-state index >= 15 is 0 Å². The van der Waals surface area contributed by atoms with Gasteiger partial charge >= 0.3 is 0 Å². The average Bonchev–Trinajstić information content (AvgIpc) is 3.06. The fourth-order valence-corrected chi connectivity index (χ4v) is 3.90. The maximum Gasteiger partial charge on any atom is 0.254 e. The van der Waals surface area contributed by atoms with Crippen LogP contribution in [-0.4, -0.2) is 29.2 Å². The Morgan fingerprint density at radius 3 is 2.80 bits per heavy atom. The summed E-state index contributed by atoms with van der Waals surface area (Å²) in [5.41, 5.74) is 0.705. The van der Waals surface area contributed by atoms with Crippen molar-refractivity contribution in [2.24, 2.45) is 5.92 Å². The summed E-state index contributed by atoms with van der Waals surface area (Å²) < 4.78 is 0.913. The second kappa shape index (κ2) is 5.68. The minimum absolute atomic E-state index is 0.0634. The molecule has 3 rings (SSSR count). The van der Waals surface area contributed by atoms with Gasteiger partial charge in [0.2, 0.25) is 0 Å². The highest BCUT2D eigenvalue weighted by Crippen LogP contribution is 2.34. The maximum absolute atomic E-state index is 12.7. The second-order valence-electron chi connectivity index (χ2n) is 5.68. The van der Waals surface area contributed by atoms with Gasteiger partial charge in [-0.2, -0.15) is 0 Å². The highest BCUT2D eigenvalue weighted by Gasteiger charge is 2.40. The van der Waals surface area contributed by atoms with Crippen LogP contribution in [0.15, 0.2) is 28.7 Å². The van der Waals surface area contributed by atoms with E-state index < -0.39 is 0 Å². The van der Waals surface area contributed by atoms with Crippen molar-refractivity contribution in [3.63, 3.8) is 0 Å². The highest BCUT2D eigenvalue weighted by molar-refractivity contribution is 9.10. The zero-order valence-corrected chi connectivity index (χ0v) is 12.9. The SMILES string of the molecule is O=C1CCCC1C1CCCN1C(=O)c1cccc(Br)c1. The number of carbonyl (C=O) groups excluding carboxylic acids is 2. The Labute approximate surface area is 127 Å². The van der Waals surface area contributed by atoms with Gasteiger partial charge < -0.3 is 4.90 Å². The van der Waals surface area contributed by atoms with Gasteiger partial charge in [-0.15, -0.1) is 0 Å². The summed E-state index contributed by atoms with van der Waals surface area (Å²) in [6.07, 6.45) is 4.61. The Morgan fingerprint density at radius 1 is 1.25 bits per heavy atom. The lowest BCUT2D eigenvalue weighted by molar-refractivity contribution is -0.121. The molecule has 0 bridgehead atoms. The fraction of sp³-hybridized carbons (Fsp3) is 0.500. The largest absolute Gasteiger partial charge is 0.335 e. The predicted octanol–water partition coefficient (Wildman–Crippen LogP) is 3.42. The molecule has 1 aromatic rings. The van der Waals surface area contributed by atoms with Crippen LogP contribution in [0.4, 0.5) is 0 Å². The number of carbonyl (C=O) groups is 2. The van der Waals surface area contributed by atoms with Gasteiger partial charge in [0, 0.05) is 35.0 Å². The van der Waals surface area contributed by atoms with Crippen LogP contribution in [0.5, 0.6) is 0 Å². The van der Waals surface area contributed by atoms with E-state index in [1.807, 2.05) is 29.2 Å². The molecule has 3 nitrogen and oxygen atoms in total. The Bertz CT molecular complexity index is 543. The number of hydrogen-bond donors (Lipinski definition) is 0. The van der Waals surface area contributed by atoms with E-state index in [1.165, 1.54) is 0 Å². The Kier molecular flexibility index (Phi) is 3.92. The zero-order chi connectivity index (χ0) is 14.1. The fourth-order valence-electron chi connectivity index (χ4n) is 3.50. The van der Waals surface area contributed by atoms with Crippen LogP contribution < -0.4 is 0 Å². The molecule has 1 amide bonds. The summed E-state index contributed by atoms with van der Waals surface area (Å²) in [6, 6.07) is 7.62. The summed E-state index contributed by atoms with van der Waals surface area (Å²) in [5, 5.41) is 0. The van der Waals surface area contributed by atoms with E-state index in [1.54, 1.807) is 0 Å². The molecule has 0 radical (unpaired) electrons. The van der Waals surface area contributed by atoms with Crippen molar-refractivity contribution in [3.8, 4) is 0 Å². The van der Waals surface area contributed by atoms with E-state index in [-0.39, 0.29) is 17.9 Å². The van der Waals surface area contributed by atoms with E-state index in [0.717, 1.165) is 36.7 Å². The topological polar surface area (TPSA) is 37.4 Å². The van der Waals surface area contributed by atoms with Crippen LogP contribution >= 0.6 is 15.9 Å². The molecule has 106 valence electrons. The summed E-state index contributed by atoms with van der Waals surface area (Å²) in [6.45, 7) is 0.778. The van der Waals surface area contributed by atoms with Crippen LogP contribution in [0.1, 0.15) is 42.5 Å². The Hall–Kier alpha value is -1.16. The lowest BCUT2D eigenvalue weighted by Crippen LogP contribution is -2.41. The molecule has 2 atom stereocenters. The molecule has 1 heterocycles. The number of likely N-dealkylation sites (tertiary alicyclic amines) is 1. The van der Waals surface area contributed by atoms with Gasteiger partial charge in [-0.05, 0) is 43.9 Å². The molecule has 20 heavy (non-hydrogen) atoms. The molecule has 1 aliphatic heterocycles. The van der Waals surface area contributed by atoms with Crippen molar-refractivity contribution >= 4 is 27.6 Å². The molecular formula is C16H18BrNO2. The molecule has 0 spiro atoms. The minimum atomic E-state index is 0.0634. The van der Waals surface area contributed by atoms with Gasteiger partial charge in [-0.3, -0.25) is 9.59 Å². The first-order chi connectivity index (χ1) is 9.66. The van der Waals surface area contributed by atoms with Crippen molar-refractivity contribution in [2.75, 3.05) is 6.54 Å². The number of Topliss-reactive ketones (excluding diaryl/α,β-unsaturated/α-hetero) is 1. The molecule has 1 saturated heterocycles. The molecular weight excluding hydrogens is 318 g/mol. The van der Waals surface area contributed by atoms with Crippen molar-refractivity contribution in [3.05, 3.63) is 34.3 Å². The Balaban J connectivity index is 1.81. The van der Waals surface area contributed by atoms with Crippen molar-refractivity contribution < 1.29 is 9.59 Å². The minimum Gasteiger partial charge on any atom is -0.335 e. The van der Waals surface area contributed by atoms with Gasteiger partial charge in [0.15, 0.2) is 0 Å². The first kappa shape index (κ1) is 13.8. The lowest BCUT2D eigenvalue weighted by Gasteiger charge is -2.28. The zero-order valence-electron chi connectivity index (χ0n) is 11.3. The lowest BCUT2D eigenvalue weighted by atomic mass is 9.94. The van der Waals surface area contributed by atoms with Gasteiger partial charge in [0.05, 0.1) is 0 Å². The molecule has 1 saturated carbocycles. The van der Waals surface area contributed by atoms with E-state index in [4.69, 9.17) is 0 Å². The van der Waals surface area contributed by atoms with Crippen LogP contribution in [0, 0.1) is 5.92 Å². The van der Waals surface area contributed by atoms with Crippen LogP contribution in [0.2, 0.25) is 0 Å². The van der Waals surface area contributed by atoms with E-state index in [0.29, 0.717) is 17.8 Å². The standard InChI is InChI=1S/C16H18BrNO2/c17-12-5-1-4-11(10-12)16(20)18-9-3-7-14(18)13-6-2-8-15(13)19/h1,4-5,10,13-14H,2-3,6-9H2. The summed E-state index contributed by atoms with van der Waals surface area (Å²) in [4.78, 5) is 26.6. The third-order valence-corrected chi connectivity index (χ3v) is 4.94. The number of ketones is 1. The molecule has 4 heteroatoms. The summed E-state index contributed by atoms with van der Waals surface area (Å²) in [7, 11) is 0. The monoisotopic (exact) mass is 335 g/mol. The van der Waals surface area contributed by atoms with Crippen molar-refractivity contribution in [1.29, 1.82) is 0 Å². The summed E-state index contributed by atoms with van der Waals surface area (Å²) >= 11 is 3.41. The normalized spacial score (nSPS) is 26.2. The third-order valence-electron chi connectivity index (χ3n) is 4.45. The maximum atomic E-state index is 12.7. The number of halogens is 1. The van der Waals surface area contributed by atoms with Crippen LogP contribution in [-0.2, 0) is 4.79 Å². The Morgan fingerprint density at radius 2 is 2.10 bits per heavy atom. The highest BCUT2D eigenvalue weighted by atomic mass is 79.9. The number of amides is 1. The quantitative estimate of drug-likeness (QED) is 0.830. The van der Waals surface area contributed by atoms with Crippen molar-refractivity contribution in [2.45, 2.75) is 38.1 Å². The second-order valence-corrected chi connectivity index (χ2v) is 6.60. The number of benzene rings is 1. The number of nitrogens with zero attached hydrogens (tertiary/aromatic N) is 1. The molecule has 1 aromatic carbocycles. The van der Waals surface area contributed by atoms with Gasteiger partial charge in [0.1, 0.15) is 5.78 Å². The van der Waals surface area contributed by atoms with Gasteiger partial charge in [-0.1, -0.05) is 22.0 Å². The van der Waals surface area contributed by atoms with E-state index in [2.05, 4.69) is 15.9 Å². The molecule has 2 unspecified atom stereocenters. The van der Waals surface area contributed by atoms with Gasteiger partial charge in [-0.25, -0.2) is 0 Å². The first-order valence-electron chi connectivity index (χ1n) is 7.26. The first-order valence-corrected chi connectivity index (χ1v) is 8.05. The number of rotatable bonds is 2. The average molecular weight is 336 g/mol. The van der Waals surface area contributed by atoms with Crippen LogP contribution in [0.25, 0.3) is 0 Å². The van der Waals surface area contributed by atoms with E-state index in [9.17, 15) is 9.59 Å². The third kappa shape index (κ3) is 2.53. The summed E-state index contributed by atoms with van der Waals surface area (Å²) in [5.74, 6) is 0.492. The predicted molar refractivity (Wildman–Crippen MR) is 80.5 cm³/mol. The molecule has 1 aliphatic carbocycles. The molecule has 2 aliphatic rings. The molecule has 0 aromatic heterocycles. The molecule has 0 N–H and O–H groups in total. The smallest absolute Gasteiger partial charge is 0.254 e.